The van der Waals surface area contributed by atoms with E-state index in [1.54, 1.807) is 6.07 Å². The van der Waals surface area contributed by atoms with Crippen molar-refractivity contribution in [1.82, 2.24) is 4.90 Å². The van der Waals surface area contributed by atoms with Gasteiger partial charge in [0.25, 0.3) is 5.91 Å². The van der Waals surface area contributed by atoms with Gasteiger partial charge in [0.2, 0.25) is 5.78 Å². The zero-order valence-electron chi connectivity index (χ0n) is 39.4. The van der Waals surface area contributed by atoms with Crippen LogP contribution in [0, 0.1) is 39.4 Å². The quantitative estimate of drug-likeness (QED) is 0.131. The lowest BCUT2D eigenvalue weighted by atomic mass is 9.45. The molecule has 7 aliphatic carbocycles. The first kappa shape index (κ1) is 47.1. The van der Waals surface area contributed by atoms with Crippen LogP contribution in [-0.4, -0.2) is 63.2 Å². The highest BCUT2D eigenvalue weighted by Gasteiger charge is 2.76. The number of allylic oxidation sites excluding steroid dienone is 2. The second-order valence-corrected chi connectivity index (χ2v) is 23.1. The number of carbonyl (C=O) groups excluding carboxylic acids is 3. The maximum atomic E-state index is 15.6. The van der Waals surface area contributed by atoms with Crippen LogP contribution >= 0.6 is 11.6 Å². The summed E-state index contributed by atoms with van der Waals surface area (Å²) < 4.78 is 53.6. The number of hydrogen-bond donors (Lipinski definition) is 2. The number of fused-ring (bicyclic) bond motifs is 12. The minimum absolute atomic E-state index is 0.000536. The molecule has 9 atom stereocenters. The Labute approximate surface area is 391 Å². The number of hydrogen-bond acceptors (Lipinski definition) is 7. The Bertz CT molecular complexity index is 2490. The molecule has 3 aromatic rings. The molecule has 6 fully saturated rings. The summed E-state index contributed by atoms with van der Waals surface area (Å²) >= 11 is 6.40. The Hall–Kier alpha value is -3.93. The molecule has 66 heavy (non-hydrogen) atoms. The highest BCUT2D eigenvalue weighted by molar-refractivity contribution is 6.33. The Balaban J connectivity index is 1.12. The monoisotopic (exact) mass is 931 g/mol. The minimum atomic E-state index is -4.62. The standard InChI is InChI=1S/C54H65ClF3NO7/c1-31-9-8-21-50(6)40(37-16-11-32(25-36(60)15-10-31)26-38(37)45(61)44-19-18-43(65-44)39-27-35(54(56,57)58)14-17-42(39)55)20-22-52(50,64)30-59(29-33-12-13-34-28-41(33)48(34,2)3)46(62)53-24-23-51(7,47(63)66-53)49(53,4)5/h9,11,14,16-19,26-27,33-34,36,40-41,60,64H,8,10,12-13,15,20-25,28-30H2,1-7H3. The fraction of sp³-hybridized carbons (Fsp3) is 0.611. The number of rotatable bonds is 8. The van der Waals surface area contributed by atoms with E-state index >= 15 is 4.79 Å². The number of nitrogens with zero attached hydrogens (tertiary/aromatic N) is 1. The highest BCUT2D eigenvalue weighted by Crippen LogP contribution is 2.67. The van der Waals surface area contributed by atoms with Gasteiger partial charge < -0.3 is 24.3 Å². The van der Waals surface area contributed by atoms with Crippen LogP contribution in [0.2, 0.25) is 5.02 Å². The number of carbonyl (C=O) groups is 3. The van der Waals surface area contributed by atoms with Crippen LogP contribution in [0.15, 0.2) is 64.6 Å². The van der Waals surface area contributed by atoms with Crippen LogP contribution in [0.3, 0.4) is 0 Å². The predicted octanol–water partition coefficient (Wildman–Crippen LogP) is 11.9. The summed E-state index contributed by atoms with van der Waals surface area (Å²) in [6, 6.07) is 11.5. The van der Waals surface area contributed by atoms with Crippen molar-refractivity contribution >= 4 is 29.3 Å². The molecule has 6 bridgehead atoms. The highest BCUT2D eigenvalue weighted by atomic mass is 35.5. The van der Waals surface area contributed by atoms with Crippen molar-refractivity contribution in [2.24, 2.45) is 39.4 Å². The molecule has 11 rings (SSSR count). The first-order valence-electron chi connectivity index (χ1n) is 24.1. The molecule has 1 amide bonds. The predicted molar refractivity (Wildman–Crippen MR) is 246 cm³/mol. The first-order chi connectivity index (χ1) is 30.8. The van der Waals surface area contributed by atoms with Gasteiger partial charge in [0.1, 0.15) is 5.76 Å². The maximum absolute atomic E-state index is 15.6. The molecule has 2 aromatic carbocycles. The number of furan rings is 1. The van der Waals surface area contributed by atoms with Gasteiger partial charge in [-0.1, -0.05) is 70.0 Å². The molecular weight excluding hydrogens is 867 g/mol. The van der Waals surface area contributed by atoms with Crippen molar-refractivity contribution in [1.29, 1.82) is 0 Å². The molecular formula is C54H65ClF3NO7. The van der Waals surface area contributed by atoms with Gasteiger partial charge in [-0.15, -0.1) is 0 Å². The number of aliphatic hydroxyl groups excluding tert-OH is 1. The van der Waals surface area contributed by atoms with E-state index in [1.807, 2.05) is 37.8 Å². The number of esters is 1. The van der Waals surface area contributed by atoms with Crippen molar-refractivity contribution in [3.63, 3.8) is 0 Å². The summed E-state index contributed by atoms with van der Waals surface area (Å²) in [6.07, 6.45) is 4.47. The Morgan fingerprint density at radius 1 is 0.924 bits per heavy atom. The number of amides is 1. The summed E-state index contributed by atoms with van der Waals surface area (Å²) in [5, 5.41) is 24.8. The van der Waals surface area contributed by atoms with E-state index in [-0.39, 0.29) is 57.8 Å². The molecule has 5 saturated carbocycles. The van der Waals surface area contributed by atoms with Gasteiger partial charge in [0.15, 0.2) is 11.4 Å². The molecule has 12 heteroatoms. The Morgan fingerprint density at radius 3 is 2.35 bits per heavy atom. The summed E-state index contributed by atoms with van der Waals surface area (Å²) in [4.78, 5) is 46.0. The molecule has 0 spiro atoms. The van der Waals surface area contributed by atoms with Crippen molar-refractivity contribution in [2.75, 3.05) is 13.1 Å². The molecule has 1 aliphatic heterocycles. The average Bonchev–Trinajstić information content (AvgIpc) is 3.94. The molecule has 356 valence electrons. The third-order valence-electron chi connectivity index (χ3n) is 18.9. The van der Waals surface area contributed by atoms with Gasteiger partial charge in [-0.05, 0) is 168 Å². The van der Waals surface area contributed by atoms with E-state index < -0.39 is 51.1 Å². The van der Waals surface area contributed by atoms with Gasteiger partial charge in [0.05, 0.1) is 34.3 Å². The Morgan fingerprint density at radius 2 is 1.68 bits per heavy atom. The molecule has 2 heterocycles. The van der Waals surface area contributed by atoms with Crippen molar-refractivity contribution in [2.45, 2.75) is 155 Å². The van der Waals surface area contributed by atoms with Gasteiger partial charge in [0, 0.05) is 28.5 Å². The number of alkyl halides is 3. The normalized spacial score (nSPS) is 34.5. The van der Waals surface area contributed by atoms with E-state index in [0.29, 0.717) is 87.3 Å². The zero-order valence-corrected chi connectivity index (χ0v) is 40.1. The third kappa shape index (κ3) is 7.25. The summed E-state index contributed by atoms with van der Waals surface area (Å²) in [6.45, 7) is 15.2. The lowest BCUT2D eigenvalue weighted by Crippen LogP contribution is -2.62. The van der Waals surface area contributed by atoms with Crippen LogP contribution in [0.4, 0.5) is 13.2 Å². The molecule has 0 radical (unpaired) electrons. The van der Waals surface area contributed by atoms with E-state index in [1.165, 1.54) is 12.1 Å². The molecule has 8 nitrogen and oxygen atoms in total. The second kappa shape index (κ2) is 16.1. The number of halogens is 4. The molecule has 1 aromatic heterocycles. The number of benzene rings is 2. The largest absolute Gasteiger partial charge is 0.453 e. The Kier molecular flexibility index (Phi) is 11.5. The molecule has 8 aliphatic rings. The smallest absolute Gasteiger partial charge is 0.416 e. The van der Waals surface area contributed by atoms with Crippen LogP contribution in [0.1, 0.15) is 158 Å². The van der Waals surface area contributed by atoms with Gasteiger partial charge in [-0.2, -0.15) is 13.2 Å². The van der Waals surface area contributed by atoms with Crippen molar-refractivity contribution in [3.8, 4) is 11.3 Å². The summed E-state index contributed by atoms with van der Waals surface area (Å²) in [5.74, 6) is -0.214. The maximum Gasteiger partial charge on any atom is 0.416 e. The fourth-order valence-corrected chi connectivity index (χ4v) is 14.0. The first-order valence-corrected chi connectivity index (χ1v) is 24.5. The summed E-state index contributed by atoms with van der Waals surface area (Å²) in [7, 11) is 0. The van der Waals surface area contributed by atoms with Crippen LogP contribution in [0.25, 0.3) is 11.3 Å². The molecule has 2 N–H and O–H groups in total. The van der Waals surface area contributed by atoms with Crippen molar-refractivity contribution < 1.29 is 46.9 Å². The number of ketones is 1. The van der Waals surface area contributed by atoms with E-state index in [9.17, 15) is 33.0 Å². The van der Waals surface area contributed by atoms with Gasteiger partial charge in [-0.25, -0.2) is 0 Å². The van der Waals surface area contributed by atoms with E-state index in [4.69, 9.17) is 20.8 Å². The van der Waals surface area contributed by atoms with E-state index in [2.05, 4.69) is 33.8 Å². The lowest BCUT2D eigenvalue weighted by Gasteiger charge is -2.61. The van der Waals surface area contributed by atoms with Crippen LogP contribution in [-0.2, 0) is 26.9 Å². The number of ether oxygens (including phenoxy) is 1. The topological polar surface area (TPSA) is 117 Å². The van der Waals surface area contributed by atoms with Crippen molar-refractivity contribution in [3.05, 3.63) is 93.2 Å². The molecule has 1 saturated heterocycles. The lowest BCUT2D eigenvalue weighted by molar-refractivity contribution is -0.181. The fourth-order valence-electron chi connectivity index (χ4n) is 13.8. The average molecular weight is 933 g/mol. The van der Waals surface area contributed by atoms with Gasteiger partial charge in [-0.3, -0.25) is 14.4 Å². The van der Waals surface area contributed by atoms with E-state index in [0.717, 1.165) is 48.6 Å². The number of aliphatic hydroxyl groups is 2. The summed E-state index contributed by atoms with van der Waals surface area (Å²) in [5.41, 5.74) is -3.14. The SMILES string of the molecule is CC1=CCCC2(C)C(CCC2(O)CN(CC2CCC3CC2C3(C)C)C(=O)C23CCC(C)(C(=O)O2)C3(C)C)c2ccc(cc2C(=O)c2ccc(-c3cc(C(F)(F)F)ccc3Cl)o2)CC(O)CC1. The molecule has 9 unspecified atom stereocenters. The second-order valence-electron chi connectivity index (χ2n) is 22.7. The zero-order chi connectivity index (χ0) is 47.6. The minimum Gasteiger partial charge on any atom is -0.453 e. The van der Waals surface area contributed by atoms with Crippen LogP contribution in [0.5, 0.6) is 0 Å². The third-order valence-corrected chi connectivity index (χ3v) is 19.3. The van der Waals surface area contributed by atoms with Crippen LogP contribution < -0.4 is 0 Å². The van der Waals surface area contributed by atoms with Gasteiger partial charge >= 0.3 is 12.1 Å².